The average Bonchev–Trinajstić information content (AvgIpc) is 2.01. The fourth-order valence-corrected chi connectivity index (χ4v) is 1.71. The van der Waals surface area contributed by atoms with Gasteiger partial charge in [0.2, 0.25) is 9.05 Å². The maximum Gasteiger partial charge on any atom is 0.232 e. The summed E-state index contributed by atoms with van der Waals surface area (Å²) in [6, 6.07) is 0. The quantitative estimate of drug-likeness (QED) is 0.509. The van der Waals surface area contributed by atoms with E-state index in [1.807, 2.05) is 6.92 Å². The first kappa shape index (κ1) is 14.2. The minimum atomic E-state index is -3.32. The van der Waals surface area contributed by atoms with Gasteiger partial charge in [-0.25, -0.2) is 8.42 Å². The summed E-state index contributed by atoms with van der Waals surface area (Å²) >= 11 is 0. The Balaban J connectivity index is 3.39. The van der Waals surface area contributed by atoms with Crippen LogP contribution in [-0.4, -0.2) is 26.9 Å². The van der Waals surface area contributed by atoms with Crippen molar-refractivity contribution in [2.75, 3.05) is 12.4 Å². The molecule has 0 saturated carbocycles. The molecule has 0 N–H and O–H groups in total. The van der Waals surface area contributed by atoms with E-state index in [9.17, 15) is 8.42 Å². The molecular formula is C9H19ClO3S. The number of unbranched alkanes of at least 4 members (excludes halogenated alkanes) is 1. The van der Waals surface area contributed by atoms with Crippen molar-refractivity contribution in [2.24, 2.45) is 5.92 Å². The Morgan fingerprint density at radius 2 is 1.79 bits per heavy atom. The van der Waals surface area contributed by atoms with Crippen LogP contribution >= 0.6 is 10.7 Å². The van der Waals surface area contributed by atoms with Crippen molar-refractivity contribution in [3.8, 4) is 0 Å². The fourth-order valence-electron chi connectivity index (χ4n) is 0.838. The van der Waals surface area contributed by atoms with Crippen LogP contribution < -0.4 is 0 Å². The Labute approximate surface area is 91.2 Å². The predicted octanol–water partition coefficient (Wildman–Crippen LogP) is 2.40. The van der Waals surface area contributed by atoms with Crippen molar-refractivity contribution in [3.05, 3.63) is 0 Å². The number of hydrogen-bond donors (Lipinski definition) is 0. The van der Waals surface area contributed by atoms with Crippen LogP contribution in [0.5, 0.6) is 0 Å². The molecule has 0 aliphatic rings. The number of halogens is 1. The third kappa shape index (κ3) is 8.78. The van der Waals surface area contributed by atoms with Crippen LogP contribution in [0.2, 0.25) is 0 Å². The van der Waals surface area contributed by atoms with Crippen LogP contribution in [0.3, 0.4) is 0 Å². The first-order valence-corrected chi connectivity index (χ1v) is 7.34. The molecule has 3 nitrogen and oxygen atoms in total. The molecule has 1 unspecified atom stereocenters. The van der Waals surface area contributed by atoms with Gasteiger partial charge in [-0.15, -0.1) is 0 Å². The lowest BCUT2D eigenvalue weighted by Crippen LogP contribution is -2.16. The molecule has 0 aromatic heterocycles. The van der Waals surface area contributed by atoms with Gasteiger partial charge in [-0.1, -0.05) is 13.8 Å². The van der Waals surface area contributed by atoms with E-state index in [1.54, 1.807) is 0 Å². The lowest BCUT2D eigenvalue weighted by molar-refractivity contribution is 0.0339. The molecule has 14 heavy (non-hydrogen) atoms. The Bertz CT molecular complexity index is 236. The normalized spacial score (nSPS) is 14.6. The van der Waals surface area contributed by atoms with Crippen molar-refractivity contribution in [2.45, 2.75) is 39.7 Å². The Kier molecular flexibility index (Phi) is 6.74. The van der Waals surface area contributed by atoms with E-state index in [-0.39, 0.29) is 11.9 Å². The van der Waals surface area contributed by atoms with Gasteiger partial charge < -0.3 is 4.74 Å². The van der Waals surface area contributed by atoms with Gasteiger partial charge in [0.15, 0.2) is 0 Å². The van der Waals surface area contributed by atoms with E-state index in [4.69, 9.17) is 15.4 Å². The van der Waals surface area contributed by atoms with Crippen LogP contribution in [0, 0.1) is 5.92 Å². The molecule has 0 aromatic carbocycles. The molecule has 86 valence electrons. The van der Waals surface area contributed by atoms with E-state index in [2.05, 4.69) is 13.8 Å². The minimum absolute atomic E-state index is 0.0357. The van der Waals surface area contributed by atoms with Gasteiger partial charge in [-0.3, -0.25) is 0 Å². The van der Waals surface area contributed by atoms with Gasteiger partial charge in [0.25, 0.3) is 0 Å². The third-order valence-corrected chi connectivity index (χ3v) is 3.34. The van der Waals surface area contributed by atoms with Crippen LogP contribution in [0.1, 0.15) is 33.6 Å². The first-order chi connectivity index (χ1) is 6.33. The number of hydrogen-bond acceptors (Lipinski definition) is 3. The van der Waals surface area contributed by atoms with Gasteiger partial charge in [0, 0.05) is 17.3 Å². The van der Waals surface area contributed by atoms with Crippen LogP contribution in [0.15, 0.2) is 0 Å². The zero-order valence-corrected chi connectivity index (χ0v) is 10.6. The lowest BCUT2D eigenvalue weighted by atomic mass is 10.1. The summed E-state index contributed by atoms with van der Waals surface area (Å²) in [5, 5.41) is 0. The standard InChI is InChI=1S/C9H19ClO3S/c1-8(2)9(3)13-6-4-5-7-14(10,11)12/h8-9H,4-7H2,1-3H3. The second kappa shape index (κ2) is 6.64. The molecule has 0 rings (SSSR count). The highest BCUT2D eigenvalue weighted by Crippen LogP contribution is 2.07. The van der Waals surface area contributed by atoms with Crippen molar-refractivity contribution in [1.29, 1.82) is 0 Å². The number of ether oxygens (including phenoxy) is 1. The number of rotatable bonds is 7. The summed E-state index contributed by atoms with van der Waals surface area (Å²) in [4.78, 5) is 0. The maximum absolute atomic E-state index is 10.6. The van der Waals surface area contributed by atoms with Crippen LogP contribution in [0.4, 0.5) is 0 Å². The monoisotopic (exact) mass is 242 g/mol. The molecule has 0 saturated heterocycles. The van der Waals surface area contributed by atoms with Crippen molar-refractivity contribution in [1.82, 2.24) is 0 Å². The highest BCUT2D eigenvalue weighted by molar-refractivity contribution is 8.13. The summed E-state index contributed by atoms with van der Waals surface area (Å²) in [5.41, 5.74) is 0. The summed E-state index contributed by atoms with van der Waals surface area (Å²) in [7, 11) is 1.73. The van der Waals surface area contributed by atoms with E-state index >= 15 is 0 Å². The Hall–Kier alpha value is 0.200. The van der Waals surface area contributed by atoms with E-state index < -0.39 is 9.05 Å². The molecule has 5 heteroatoms. The zero-order chi connectivity index (χ0) is 11.2. The predicted molar refractivity (Wildman–Crippen MR) is 59.1 cm³/mol. The molecule has 0 aromatic rings. The highest BCUT2D eigenvalue weighted by Gasteiger charge is 2.07. The minimum Gasteiger partial charge on any atom is -0.378 e. The van der Waals surface area contributed by atoms with E-state index in [0.29, 0.717) is 18.9 Å². The van der Waals surface area contributed by atoms with E-state index in [1.165, 1.54) is 0 Å². The topological polar surface area (TPSA) is 43.4 Å². The second-order valence-electron chi connectivity index (χ2n) is 3.77. The highest BCUT2D eigenvalue weighted by atomic mass is 35.7. The molecule has 0 heterocycles. The Morgan fingerprint density at radius 3 is 2.21 bits per heavy atom. The van der Waals surface area contributed by atoms with Gasteiger partial charge in [-0.2, -0.15) is 0 Å². The van der Waals surface area contributed by atoms with E-state index in [0.717, 1.165) is 6.42 Å². The van der Waals surface area contributed by atoms with Crippen molar-refractivity contribution < 1.29 is 13.2 Å². The summed E-state index contributed by atoms with van der Waals surface area (Å²) in [5.74, 6) is 0.528. The van der Waals surface area contributed by atoms with Crippen molar-refractivity contribution in [3.63, 3.8) is 0 Å². The van der Waals surface area contributed by atoms with Crippen LogP contribution in [-0.2, 0) is 13.8 Å². The molecule has 0 bridgehead atoms. The molecule has 0 aliphatic heterocycles. The fraction of sp³-hybridized carbons (Fsp3) is 1.00. The molecular weight excluding hydrogens is 224 g/mol. The average molecular weight is 243 g/mol. The van der Waals surface area contributed by atoms with Crippen molar-refractivity contribution >= 4 is 19.7 Å². The largest absolute Gasteiger partial charge is 0.378 e. The zero-order valence-electron chi connectivity index (χ0n) is 8.99. The molecule has 0 amide bonds. The maximum atomic E-state index is 10.6. The summed E-state index contributed by atoms with van der Waals surface area (Å²) in [6.45, 7) is 6.80. The van der Waals surface area contributed by atoms with Gasteiger partial charge in [0.1, 0.15) is 0 Å². The van der Waals surface area contributed by atoms with Gasteiger partial charge >= 0.3 is 0 Å². The first-order valence-electron chi connectivity index (χ1n) is 4.87. The third-order valence-electron chi connectivity index (χ3n) is 2.10. The molecule has 1 atom stereocenters. The molecule has 0 radical (unpaired) electrons. The lowest BCUT2D eigenvalue weighted by Gasteiger charge is -2.16. The summed E-state index contributed by atoms with van der Waals surface area (Å²) < 4.78 is 26.6. The van der Waals surface area contributed by atoms with Gasteiger partial charge in [0.05, 0.1) is 11.9 Å². The molecule has 0 fully saturated rings. The Morgan fingerprint density at radius 1 is 1.21 bits per heavy atom. The molecule has 0 aliphatic carbocycles. The SMILES string of the molecule is CC(C)C(C)OCCCCS(=O)(=O)Cl. The second-order valence-corrected chi connectivity index (χ2v) is 6.67. The molecule has 0 spiro atoms. The van der Waals surface area contributed by atoms with Gasteiger partial charge in [-0.05, 0) is 25.7 Å². The smallest absolute Gasteiger partial charge is 0.232 e. The summed E-state index contributed by atoms with van der Waals surface area (Å²) in [6.07, 6.45) is 1.53. The van der Waals surface area contributed by atoms with Crippen LogP contribution in [0.25, 0.3) is 0 Å².